The Balaban J connectivity index is 1.97. The molecule has 5 nitrogen and oxygen atoms in total. The smallest absolute Gasteiger partial charge is 0.286 e. The molecule has 6 heteroatoms. The molecule has 0 saturated heterocycles. The molecule has 0 aliphatic carbocycles. The Bertz CT molecular complexity index is 683. The molecule has 0 N–H and O–H groups in total. The van der Waals surface area contributed by atoms with Gasteiger partial charge in [0.1, 0.15) is 5.75 Å². The molecule has 20 heavy (non-hydrogen) atoms. The molecule has 0 radical (unpaired) electrons. The first-order chi connectivity index (χ1) is 9.56. The first-order valence-electron chi connectivity index (χ1n) is 5.98. The third-order valence-corrected chi connectivity index (χ3v) is 3.45. The van der Waals surface area contributed by atoms with E-state index >= 15 is 0 Å². The van der Waals surface area contributed by atoms with Crippen molar-refractivity contribution in [1.82, 2.24) is 4.57 Å². The van der Waals surface area contributed by atoms with E-state index in [-0.39, 0.29) is 18.3 Å². The lowest BCUT2D eigenvalue weighted by Gasteiger charge is -2.03. The highest BCUT2D eigenvalue weighted by Crippen LogP contribution is 2.12. The maximum Gasteiger partial charge on any atom is 0.286 e. The van der Waals surface area contributed by atoms with Gasteiger partial charge in [0.15, 0.2) is 17.2 Å². The number of rotatable bonds is 4. The van der Waals surface area contributed by atoms with Gasteiger partial charge in [-0.2, -0.15) is 4.99 Å². The molecule has 1 heterocycles. The molecule has 2 aromatic rings. The molecular formula is C14H14N2O3S. The Kier molecular flexibility index (Phi) is 4.47. The minimum atomic E-state index is -0.348. The number of ether oxygens (including phenoxy) is 1. The maximum absolute atomic E-state index is 11.7. The number of hydrogen-bond acceptors (Lipinski definition) is 4. The third kappa shape index (κ3) is 3.64. The van der Waals surface area contributed by atoms with Gasteiger partial charge in [0.2, 0.25) is 0 Å². The Morgan fingerprint density at radius 2 is 2.00 bits per heavy atom. The van der Waals surface area contributed by atoms with Crippen molar-refractivity contribution in [2.45, 2.75) is 6.92 Å². The largest absolute Gasteiger partial charge is 0.484 e. The van der Waals surface area contributed by atoms with Crippen LogP contribution in [0.3, 0.4) is 0 Å². The fraction of sp³-hybridized carbons (Fsp3) is 0.214. The monoisotopic (exact) mass is 290 g/mol. The second-order valence-electron chi connectivity index (χ2n) is 4.17. The molecule has 0 unspecified atom stereocenters. The van der Waals surface area contributed by atoms with E-state index in [1.807, 2.05) is 18.6 Å². The Morgan fingerprint density at radius 3 is 2.55 bits per heavy atom. The molecule has 0 aliphatic rings. The van der Waals surface area contributed by atoms with Crippen molar-refractivity contribution in [3.8, 4) is 5.75 Å². The second-order valence-corrected chi connectivity index (χ2v) is 5.04. The molecule has 1 amide bonds. The van der Waals surface area contributed by atoms with Crippen LogP contribution >= 0.6 is 11.3 Å². The van der Waals surface area contributed by atoms with Crippen LogP contribution in [0, 0.1) is 0 Å². The summed E-state index contributed by atoms with van der Waals surface area (Å²) in [5.41, 5.74) is 0.610. The van der Waals surface area contributed by atoms with Gasteiger partial charge in [0, 0.05) is 24.2 Å². The number of benzene rings is 1. The van der Waals surface area contributed by atoms with Gasteiger partial charge in [-0.15, -0.1) is 11.3 Å². The van der Waals surface area contributed by atoms with Crippen LogP contribution in [0.15, 0.2) is 40.8 Å². The van der Waals surface area contributed by atoms with E-state index in [1.54, 1.807) is 28.8 Å². The molecule has 0 atom stereocenters. The molecule has 0 spiro atoms. The number of aromatic nitrogens is 1. The van der Waals surface area contributed by atoms with E-state index in [9.17, 15) is 9.59 Å². The van der Waals surface area contributed by atoms with Gasteiger partial charge in [-0.3, -0.25) is 9.59 Å². The Morgan fingerprint density at radius 1 is 1.30 bits per heavy atom. The van der Waals surface area contributed by atoms with Crippen LogP contribution in [0.25, 0.3) is 0 Å². The summed E-state index contributed by atoms with van der Waals surface area (Å²) >= 11 is 1.39. The summed E-state index contributed by atoms with van der Waals surface area (Å²) in [7, 11) is 1.82. The molecule has 0 aliphatic heterocycles. The summed E-state index contributed by atoms with van der Waals surface area (Å²) in [5, 5.41) is 1.85. The normalized spacial score (nSPS) is 11.4. The van der Waals surface area contributed by atoms with Crippen molar-refractivity contribution in [1.29, 1.82) is 0 Å². The lowest BCUT2D eigenvalue weighted by Crippen LogP contribution is -2.16. The highest BCUT2D eigenvalue weighted by Gasteiger charge is 2.03. The number of Topliss-reactive ketones (excluding diaryl/α,β-unsaturated/α-hetero) is 1. The topological polar surface area (TPSA) is 60.7 Å². The van der Waals surface area contributed by atoms with E-state index in [0.29, 0.717) is 16.1 Å². The van der Waals surface area contributed by atoms with Gasteiger partial charge < -0.3 is 9.30 Å². The number of hydrogen-bond donors (Lipinski definition) is 0. The predicted molar refractivity (Wildman–Crippen MR) is 75.8 cm³/mol. The summed E-state index contributed by atoms with van der Waals surface area (Å²) in [4.78, 5) is 27.4. The summed E-state index contributed by atoms with van der Waals surface area (Å²) in [6.07, 6.45) is 1.83. The summed E-state index contributed by atoms with van der Waals surface area (Å²) in [5.74, 6) is 0.181. The second kappa shape index (κ2) is 6.29. The summed E-state index contributed by atoms with van der Waals surface area (Å²) in [6, 6.07) is 6.65. The minimum Gasteiger partial charge on any atom is -0.484 e. The fourth-order valence-electron chi connectivity index (χ4n) is 1.50. The zero-order valence-electron chi connectivity index (χ0n) is 11.2. The standard InChI is InChI=1S/C14H14N2O3S/c1-10(17)11-3-5-12(6-4-11)19-9-13(18)15-14-16(2)7-8-20-14/h3-8H,9H2,1-2H3. The molecule has 1 aromatic carbocycles. The number of ketones is 1. The molecule has 104 valence electrons. The van der Waals surface area contributed by atoms with E-state index in [1.165, 1.54) is 18.3 Å². The molecule has 1 aromatic heterocycles. The number of aryl methyl sites for hydroxylation is 1. The number of nitrogens with zero attached hydrogens (tertiary/aromatic N) is 2. The van der Waals surface area contributed by atoms with Crippen molar-refractivity contribution in [3.63, 3.8) is 0 Å². The maximum atomic E-state index is 11.7. The summed E-state index contributed by atoms with van der Waals surface area (Å²) in [6.45, 7) is 1.37. The van der Waals surface area contributed by atoms with Gasteiger partial charge in [-0.1, -0.05) is 0 Å². The van der Waals surface area contributed by atoms with Crippen molar-refractivity contribution in [3.05, 3.63) is 46.2 Å². The van der Waals surface area contributed by atoms with Gasteiger partial charge in [-0.05, 0) is 31.2 Å². The molecule has 0 bridgehead atoms. The summed E-state index contributed by atoms with van der Waals surface area (Å²) < 4.78 is 7.10. The van der Waals surface area contributed by atoms with Crippen molar-refractivity contribution < 1.29 is 14.3 Å². The van der Waals surface area contributed by atoms with E-state index in [0.717, 1.165) is 0 Å². The van der Waals surface area contributed by atoms with Crippen LogP contribution in [0.2, 0.25) is 0 Å². The lowest BCUT2D eigenvalue weighted by atomic mass is 10.1. The van der Waals surface area contributed by atoms with Gasteiger partial charge in [0.05, 0.1) is 0 Å². The average Bonchev–Trinajstić information content (AvgIpc) is 2.82. The zero-order valence-corrected chi connectivity index (χ0v) is 12.0. The SMILES string of the molecule is CC(=O)c1ccc(OCC(=O)N=c2sccn2C)cc1. The number of carbonyl (C=O) groups is 2. The van der Waals surface area contributed by atoms with Crippen molar-refractivity contribution in [2.75, 3.05) is 6.61 Å². The fourth-order valence-corrected chi connectivity index (χ4v) is 2.25. The van der Waals surface area contributed by atoms with Crippen LogP contribution in [0.1, 0.15) is 17.3 Å². The zero-order chi connectivity index (χ0) is 14.5. The third-order valence-electron chi connectivity index (χ3n) is 2.60. The lowest BCUT2D eigenvalue weighted by molar-refractivity contribution is -0.120. The predicted octanol–water partition coefficient (Wildman–Crippen LogP) is 1.80. The average molecular weight is 290 g/mol. The molecule has 0 saturated carbocycles. The van der Waals surface area contributed by atoms with Crippen molar-refractivity contribution >= 4 is 23.0 Å². The van der Waals surface area contributed by atoms with Gasteiger partial charge in [0.25, 0.3) is 5.91 Å². The van der Waals surface area contributed by atoms with E-state index in [2.05, 4.69) is 4.99 Å². The Labute approximate surface area is 120 Å². The molecule has 0 fully saturated rings. The van der Waals surface area contributed by atoms with E-state index in [4.69, 9.17) is 4.74 Å². The van der Waals surface area contributed by atoms with Crippen molar-refractivity contribution in [2.24, 2.45) is 12.0 Å². The first kappa shape index (κ1) is 14.2. The number of thiazole rings is 1. The first-order valence-corrected chi connectivity index (χ1v) is 6.86. The van der Waals surface area contributed by atoms with Crippen LogP contribution in [0.5, 0.6) is 5.75 Å². The van der Waals surface area contributed by atoms with Crippen LogP contribution in [-0.2, 0) is 11.8 Å². The molecule has 2 rings (SSSR count). The van der Waals surface area contributed by atoms with Crippen LogP contribution in [-0.4, -0.2) is 22.9 Å². The minimum absolute atomic E-state index is 0.00665. The van der Waals surface area contributed by atoms with Gasteiger partial charge in [-0.25, -0.2) is 0 Å². The van der Waals surface area contributed by atoms with E-state index < -0.39 is 0 Å². The van der Waals surface area contributed by atoms with Crippen LogP contribution in [0.4, 0.5) is 0 Å². The quantitative estimate of drug-likeness (QED) is 0.807. The number of amides is 1. The molecular weight excluding hydrogens is 276 g/mol. The highest BCUT2D eigenvalue weighted by atomic mass is 32.1. The highest BCUT2D eigenvalue weighted by molar-refractivity contribution is 7.07. The van der Waals surface area contributed by atoms with Crippen LogP contribution < -0.4 is 9.54 Å². The van der Waals surface area contributed by atoms with Gasteiger partial charge >= 0.3 is 0 Å². The number of carbonyl (C=O) groups excluding carboxylic acids is 2. The Hall–Kier alpha value is -2.21.